The lowest BCUT2D eigenvalue weighted by Crippen LogP contribution is -2.49. The number of amides is 1. The number of carbonyl (C=O) groups is 1. The molecule has 2 heterocycles. The summed E-state index contributed by atoms with van der Waals surface area (Å²) in [4.78, 5) is 24.4. The molecule has 0 atom stereocenters. The summed E-state index contributed by atoms with van der Waals surface area (Å²) in [5.41, 5.74) is -0.504. The Morgan fingerprint density at radius 3 is 2.36 bits per heavy atom. The summed E-state index contributed by atoms with van der Waals surface area (Å²) in [6, 6.07) is 5.14. The number of aromatic nitrogens is 2. The highest BCUT2D eigenvalue weighted by Gasteiger charge is 2.27. The van der Waals surface area contributed by atoms with E-state index in [1.807, 2.05) is 4.90 Å². The van der Waals surface area contributed by atoms with Crippen LogP contribution in [0.15, 0.2) is 24.3 Å². The van der Waals surface area contributed by atoms with Crippen molar-refractivity contribution in [3.05, 3.63) is 47.3 Å². The second-order valence-electron chi connectivity index (χ2n) is 5.69. The quantitative estimate of drug-likeness (QED) is 0.850. The van der Waals surface area contributed by atoms with Gasteiger partial charge in [0.05, 0.1) is 7.11 Å². The van der Waals surface area contributed by atoms with Crippen molar-refractivity contribution < 1.29 is 18.3 Å². The lowest BCUT2D eigenvalue weighted by Gasteiger charge is -2.35. The van der Waals surface area contributed by atoms with Crippen molar-refractivity contribution in [1.82, 2.24) is 14.9 Å². The van der Waals surface area contributed by atoms with E-state index in [4.69, 9.17) is 4.74 Å². The van der Waals surface area contributed by atoms with Crippen LogP contribution in [0, 0.1) is 18.6 Å². The molecule has 2 aromatic rings. The zero-order valence-electron chi connectivity index (χ0n) is 14.0. The highest BCUT2D eigenvalue weighted by atomic mass is 19.1. The minimum absolute atomic E-state index is 0.345. The summed E-state index contributed by atoms with van der Waals surface area (Å²) in [5, 5.41) is 0. The van der Waals surface area contributed by atoms with Gasteiger partial charge < -0.3 is 14.5 Å². The van der Waals surface area contributed by atoms with Crippen molar-refractivity contribution in [3.63, 3.8) is 0 Å². The zero-order chi connectivity index (χ0) is 18.0. The maximum atomic E-state index is 13.8. The number of anilines is 1. The van der Waals surface area contributed by atoms with Crippen LogP contribution in [0.2, 0.25) is 0 Å². The number of rotatable bonds is 3. The van der Waals surface area contributed by atoms with Crippen LogP contribution in [0.25, 0.3) is 0 Å². The third-order valence-electron chi connectivity index (χ3n) is 4.08. The van der Waals surface area contributed by atoms with Crippen molar-refractivity contribution >= 4 is 11.7 Å². The highest BCUT2D eigenvalue weighted by Crippen LogP contribution is 2.21. The molecule has 1 fully saturated rings. The molecular weight excluding hydrogens is 330 g/mol. The topological polar surface area (TPSA) is 58.6 Å². The predicted octanol–water partition coefficient (Wildman–Crippen LogP) is 2.03. The van der Waals surface area contributed by atoms with Crippen LogP contribution in [0.5, 0.6) is 5.88 Å². The Bertz CT molecular complexity index is 772. The summed E-state index contributed by atoms with van der Waals surface area (Å²) in [6.07, 6.45) is 0. The van der Waals surface area contributed by atoms with Gasteiger partial charge in [-0.15, -0.1) is 0 Å². The summed E-state index contributed by atoms with van der Waals surface area (Å²) in [7, 11) is 1.53. The van der Waals surface area contributed by atoms with Crippen molar-refractivity contribution in [2.24, 2.45) is 0 Å². The van der Waals surface area contributed by atoms with Gasteiger partial charge >= 0.3 is 0 Å². The van der Waals surface area contributed by atoms with E-state index >= 15 is 0 Å². The minimum Gasteiger partial charge on any atom is -0.481 e. The first-order chi connectivity index (χ1) is 12.0. The van der Waals surface area contributed by atoms with Crippen LogP contribution < -0.4 is 9.64 Å². The molecule has 6 nitrogen and oxygen atoms in total. The number of nitrogens with zero attached hydrogens (tertiary/aromatic N) is 4. The molecule has 1 aliphatic rings. The van der Waals surface area contributed by atoms with E-state index < -0.39 is 23.1 Å². The Kier molecular flexibility index (Phi) is 4.78. The summed E-state index contributed by atoms with van der Waals surface area (Å²) < 4.78 is 32.7. The van der Waals surface area contributed by atoms with Gasteiger partial charge in [0, 0.05) is 32.2 Å². The zero-order valence-corrected chi connectivity index (χ0v) is 14.0. The normalized spacial score (nSPS) is 14.6. The molecule has 1 saturated heterocycles. The smallest absolute Gasteiger partial charge is 0.259 e. The lowest BCUT2D eigenvalue weighted by molar-refractivity contribution is 0.0736. The SMILES string of the molecule is COc1cc(N2CCN(C(=O)c3c(F)cccc3F)CC2)nc(C)n1. The van der Waals surface area contributed by atoms with Crippen molar-refractivity contribution in [2.45, 2.75) is 6.92 Å². The third kappa shape index (κ3) is 3.52. The second kappa shape index (κ2) is 7.00. The van der Waals surface area contributed by atoms with Crippen molar-refractivity contribution in [1.29, 1.82) is 0 Å². The molecule has 0 radical (unpaired) electrons. The summed E-state index contributed by atoms with van der Waals surface area (Å²) >= 11 is 0. The van der Waals surface area contributed by atoms with E-state index in [1.54, 1.807) is 13.0 Å². The molecule has 0 spiro atoms. The van der Waals surface area contributed by atoms with Gasteiger partial charge in [-0.05, 0) is 19.1 Å². The molecule has 1 amide bonds. The molecule has 0 bridgehead atoms. The van der Waals surface area contributed by atoms with Crippen LogP contribution in [0.4, 0.5) is 14.6 Å². The fraction of sp³-hybridized carbons (Fsp3) is 0.353. The maximum absolute atomic E-state index is 13.8. The Hall–Kier alpha value is -2.77. The van der Waals surface area contributed by atoms with Gasteiger partial charge in [0.2, 0.25) is 5.88 Å². The number of aryl methyl sites for hydroxylation is 1. The fourth-order valence-electron chi connectivity index (χ4n) is 2.79. The van der Waals surface area contributed by atoms with Crippen LogP contribution >= 0.6 is 0 Å². The largest absolute Gasteiger partial charge is 0.481 e. The van der Waals surface area contributed by atoms with E-state index in [-0.39, 0.29) is 0 Å². The maximum Gasteiger partial charge on any atom is 0.259 e. The molecule has 0 unspecified atom stereocenters. The third-order valence-corrected chi connectivity index (χ3v) is 4.08. The van der Waals surface area contributed by atoms with E-state index in [0.29, 0.717) is 43.7 Å². The van der Waals surface area contributed by atoms with E-state index in [9.17, 15) is 13.6 Å². The number of halogens is 2. The first-order valence-corrected chi connectivity index (χ1v) is 7.87. The molecule has 1 aromatic carbocycles. The molecule has 1 aromatic heterocycles. The monoisotopic (exact) mass is 348 g/mol. The van der Waals surface area contributed by atoms with Gasteiger partial charge in [0.1, 0.15) is 28.8 Å². The standard InChI is InChI=1S/C17H18F2N4O2/c1-11-20-14(10-15(21-11)25-2)22-6-8-23(9-7-22)17(24)16-12(18)4-3-5-13(16)19/h3-5,10H,6-9H2,1-2H3. The van der Waals surface area contributed by atoms with E-state index in [0.717, 1.165) is 12.1 Å². The van der Waals surface area contributed by atoms with Gasteiger partial charge in [-0.1, -0.05) is 6.07 Å². The number of methoxy groups -OCH3 is 1. The molecule has 132 valence electrons. The number of hydrogen-bond donors (Lipinski definition) is 0. The van der Waals surface area contributed by atoms with Gasteiger partial charge in [-0.3, -0.25) is 4.79 Å². The minimum atomic E-state index is -0.844. The lowest BCUT2D eigenvalue weighted by atomic mass is 10.1. The number of piperazine rings is 1. The van der Waals surface area contributed by atoms with E-state index in [2.05, 4.69) is 9.97 Å². The number of carbonyl (C=O) groups excluding carboxylic acids is 1. The number of benzene rings is 1. The number of ether oxygens (including phenoxy) is 1. The van der Waals surface area contributed by atoms with Gasteiger partial charge in [0.25, 0.3) is 5.91 Å². The Morgan fingerprint density at radius 2 is 1.76 bits per heavy atom. The van der Waals surface area contributed by atoms with Gasteiger partial charge in [0.15, 0.2) is 0 Å². The second-order valence-corrected chi connectivity index (χ2v) is 5.69. The molecule has 8 heteroatoms. The molecular formula is C17H18F2N4O2. The molecule has 0 aliphatic carbocycles. The van der Waals surface area contributed by atoms with Gasteiger partial charge in [-0.25, -0.2) is 13.8 Å². The highest BCUT2D eigenvalue weighted by molar-refractivity contribution is 5.95. The molecule has 1 aliphatic heterocycles. The average molecular weight is 348 g/mol. The molecule has 0 saturated carbocycles. The molecule has 0 N–H and O–H groups in total. The number of hydrogen-bond acceptors (Lipinski definition) is 5. The first kappa shape index (κ1) is 17.1. The summed E-state index contributed by atoms with van der Waals surface area (Å²) in [6.45, 7) is 3.46. The van der Waals surface area contributed by atoms with Crippen LogP contribution in [-0.4, -0.2) is 54.1 Å². The average Bonchev–Trinajstić information content (AvgIpc) is 2.61. The molecule has 25 heavy (non-hydrogen) atoms. The first-order valence-electron chi connectivity index (χ1n) is 7.87. The summed E-state index contributed by atoms with van der Waals surface area (Å²) in [5.74, 6) is -0.567. The predicted molar refractivity (Wildman–Crippen MR) is 87.8 cm³/mol. The van der Waals surface area contributed by atoms with Crippen LogP contribution in [-0.2, 0) is 0 Å². The van der Waals surface area contributed by atoms with E-state index in [1.165, 1.54) is 18.1 Å². The van der Waals surface area contributed by atoms with Crippen molar-refractivity contribution in [3.8, 4) is 5.88 Å². The Labute approximate surface area is 144 Å². The Balaban J connectivity index is 1.72. The van der Waals surface area contributed by atoms with Crippen molar-refractivity contribution in [2.75, 3.05) is 38.2 Å². The molecule has 3 rings (SSSR count). The van der Waals surface area contributed by atoms with Crippen LogP contribution in [0.1, 0.15) is 16.2 Å². The Morgan fingerprint density at radius 1 is 1.12 bits per heavy atom. The van der Waals surface area contributed by atoms with Gasteiger partial charge in [-0.2, -0.15) is 4.98 Å². The fourth-order valence-corrected chi connectivity index (χ4v) is 2.79. The van der Waals surface area contributed by atoms with Crippen LogP contribution in [0.3, 0.4) is 0 Å².